The molecular weight excluding hydrogens is 344 g/mol. The number of hydrogen-bond donors (Lipinski definition) is 2. The second-order valence-corrected chi connectivity index (χ2v) is 8.65. The van der Waals surface area contributed by atoms with E-state index in [-0.39, 0.29) is 11.4 Å². The Hall–Kier alpha value is -1.66. The fourth-order valence-corrected chi connectivity index (χ4v) is 3.22. The molecule has 0 bridgehead atoms. The zero-order valence-electron chi connectivity index (χ0n) is 16.6. The van der Waals surface area contributed by atoms with Crippen molar-refractivity contribution in [3.63, 3.8) is 0 Å². The minimum absolute atomic E-state index is 0.0805. The van der Waals surface area contributed by atoms with Gasteiger partial charge >= 0.3 is 0 Å². The third kappa shape index (κ3) is 6.57. The molecule has 1 amide bonds. The van der Waals surface area contributed by atoms with Gasteiger partial charge in [-0.05, 0) is 56.6 Å². The second kappa shape index (κ2) is 8.82. The number of hydrogen-bond acceptors (Lipinski definition) is 3. The fourth-order valence-electron chi connectivity index (χ4n) is 2.92. The van der Waals surface area contributed by atoms with Gasteiger partial charge in [-0.3, -0.25) is 9.69 Å². The lowest BCUT2D eigenvalue weighted by atomic mass is 10.0. The van der Waals surface area contributed by atoms with Crippen molar-refractivity contribution < 1.29 is 4.79 Å². The van der Waals surface area contributed by atoms with Crippen molar-refractivity contribution in [3.05, 3.63) is 29.8 Å². The molecule has 0 spiro atoms. The van der Waals surface area contributed by atoms with Crippen molar-refractivity contribution in [2.24, 2.45) is 0 Å². The largest absolute Gasteiger partial charge is 0.350 e. The van der Waals surface area contributed by atoms with Crippen molar-refractivity contribution >= 4 is 28.9 Å². The van der Waals surface area contributed by atoms with Crippen LogP contribution in [-0.4, -0.2) is 59.1 Å². The molecule has 0 atom stereocenters. The standard InChI is InChI=1S/C20H32N4OS/c1-15(2)16-6-8-17(9-7-16)21-19(26)24-12-10-23(11-13-24)14-18(25)22-20(3,4)5/h6-9,15H,10-14H2,1-5H3,(H,21,26)(H,22,25). The number of amides is 1. The van der Waals surface area contributed by atoms with E-state index in [1.54, 1.807) is 0 Å². The van der Waals surface area contributed by atoms with Crippen LogP contribution in [0.15, 0.2) is 24.3 Å². The minimum Gasteiger partial charge on any atom is -0.350 e. The Morgan fingerprint density at radius 1 is 1.12 bits per heavy atom. The van der Waals surface area contributed by atoms with Crippen LogP contribution < -0.4 is 10.6 Å². The number of thiocarbonyl (C=S) groups is 1. The van der Waals surface area contributed by atoms with Crippen LogP contribution in [0, 0.1) is 0 Å². The molecule has 0 saturated carbocycles. The Morgan fingerprint density at radius 2 is 1.69 bits per heavy atom. The van der Waals surface area contributed by atoms with E-state index in [2.05, 4.69) is 58.5 Å². The number of nitrogens with one attached hydrogen (secondary N) is 2. The molecule has 2 rings (SSSR count). The van der Waals surface area contributed by atoms with Crippen LogP contribution in [-0.2, 0) is 4.79 Å². The Morgan fingerprint density at radius 3 is 2.19 bits per heavy atom. The maximum atomic E-state index is 12.1. The summed E-state index contributed by atoms with van der Waals surface area (Å²) in [6, 6.07) is 8.44. The van der Waals surface area contributed by atoms with E-state index < -0.39 is 0 Å². The van der Waals surface area contributed by atoms with E-state index in [4.69, 9.17) is 12.2 Å². The smallest absolute Gasteiger partial charge is 0.234 e. The number of nitrogens with zero attached hydrogens (tertiary/aromatic N) is 2. The minimum atomic E-state index is -0.185. The zero-order valence-corrected chi connectivity index (χ0v) is 17.4. The van der Waals surface area contributed by atoms with Gasteiger partial charge in [0.05, 0.1) is 6.54 Å². The molecule has 1 aromatic rings. The number of carbonyl (C=O) groups is 1. The van der Waals surface area contributed by atoms with Crippen LogP contribution in [0.1, 0.15) is 46.1 Å². The van der Waals surface area contributed by atoms with Gasteiger partial charge in [-0.2, -0.15) is 0 Å². The van der Waals surface area contributed by atoms with Crippen molar-refractivity contribution in [2.75, 3.05) is 38.0 Å². The van der Waals surface area contributed by atoms with Gasteiger partial charge in [-0.15, -0.1) is 0 Å². The Kier molecular flexibility index (Phi) is 7.01. The van der Waals surface area contributed by atoms with Gasteiger partial charge in [-0.1, -0.05) is 26.0 Å². The fraction of sp³-hybridized carbons (Fsp3) is 0.600. The summed E-state index contributed by atoms with van der Waals surface area (Å²) < 4.78 is 0. The lowest BCUT2D eigenvalue weighted by molar-refractivity contribution is -0.123. The molecule has 0 unspecified atom stereocenters. The molecule has 1 aliphatic heterocycles. The zero-order chi connectivity index (χ0) is 19.3. The Balaban J connectivity index is 1.78. The van der Waals surface area contributed by atoms with Gasteiger partial charge in [0.1, 0.15) is 0 Å². The SMILES string of the molecule is CC(C)c1ccc(NC(=S)N2CCN(CC(=O)NC(C)(C)C)CC2)cc1. The molecule has 1 heterocycles. The molecule has 144 valence electrons. The first kappa shape index (κ1) is 20.6. The van der Waals surface area contributed by atoms with Gasteiger partial charge in [0.15, 0.2) is 5.11 Å². The van der Waals surface area contributed by atoms with E-state index in [0.717, 1.165) is 37.0 Å². The molecule has 0 aliphatic carbocycles. The first-order valence-electron chi connectivity index (χ1n) is 9.33. The lowest BCUT2D eigenvalue weighted by Crippen LogP contribution is -2.53. The third-order valence-electron chi connectivity index (χ3n) is 4.37. The van der Waals surface area contributed by atoms with Crippen molar-refractivity contribution in [2.45, 2.75) is 46.1 Å². The second-order valence-electron chi connectivity index (χ2n) is 8.27. The summed E-state index contributed by atoms with van der Waals surface area (Å²) in [5.74, 6) is 0.608. The maximum Gasteiger partial charge on any atom is 0.234 e. The number of anilines is 1. The molecule has 1 saturated heterocycles. The van der Waals surface area contributed by atoms with Crippen molar-refractivity contribution in [1.29, 1.82) is 0 Å². The highest BCUT2D eigenvalue weighted by Gasteiger charge is 2.22. The van der Waals surface area contributed by atoms with Crippen LogP contribution in [0.25, 0.3) is 0 Å². The number of benzene rings is 1. The van der Waals surface area contributed by atoms with Crippen LogP contribution in [0.5, 0.6) is 0 Å². The quantitative estimate of drug-likeness (QED) is 0.791. The Labute approximate surface area is 163 Å². The highest BCUT2D eigenvalue weighted by Crippen LogP contribution is 2.17. The lowest BCUT2D eigenvalue weighted by Gasteiger charge is -2.36. The highest BCUT2D eigenvalue weighted by atomic mass is 32.1. The maximum absolute atomic E-state index is 12.1. The number of piperazine rings is 1. The Bertz CT molecular complexity index is 614. The molecule has 5 nitrogen and oxygen atoms in total. The summed E-state index contributed by atoms with van der Waals surface area (Å²) in [4.78, 5) is 16.4. The van der Waals surface area contributed by atoms with Gasteiger partial charge < -0.3 is 15.5 Å². The molecule has 2 N–H and O–H groups in total. The van der Waals surface area contributed by atoms with Crippen LogP contribution in [0.2, 0.25) is 0 Å². The summed E-state index contributed by atoms with van der Waals surface area (Å²) >= 11 is 5.56. The van der Waals surface area contributed by atoms with E-state index in [1.165, 1.54) is 5.56 Å². The summed E-state index contributed by atoms with van der Waals surface area (Å²) in [5, 5.41) is 7.09. The molecule has 1 aliphatic rings. The van der Waals surface area contributed by atoms with Gasteiger partial charge in [0, 0.05) is 37.4 Å². The van der Waals surface area contributed by atoms with Gasteiger partial charge in [0.2, 0.25) is 5.91 Å². The molecule has 0 radical (unpaired) electrons. The van der Waals surface area contributed by atoms with Gasteiger partial charge in [-0.25, -0.2) is 0 Å². The molecule has 0 aromatic heterocycles. The topological polar surface area (TPSA) is 47.6 Å². The van der Waals surface area contributed by atoms with Crippen molar-refractivity contribution in [3.8, 4) is 0 Å². The molecule has 6 heteroatoms. The van der Waals surface area contributed by atoms with E-state index in [9.17, 15) is 4.79 Å². The predicted molar refractivity (Wildman–Crippen MR) is 113 cm³/mol. The predicted octanol–water partition coefficient (Wildman–Crippen LogP) is 3.04. The summed E-state index contributed by atoms with van der Waals surface area (Å²) in [5.41, 5.74) is 2.16. The first-order chi connectivity index (χ1) is 12.1. The molecule has 26 heavy (non-hydrogen) atoms. The van der Waals surface area contributed by atoms with Crippen LogP contribution >= 0.6 is 12.2 Å². The number of rotatable bonds is 4. The molecule has 1 aromatic carbocycles. The van der Waals surface area contributed by atoms with Crippen molar-refractivity contribution in [1.82, 2.24) is 15.1 Å². The van der Waals surface area contributed by atoms with E-state index in [0.29, 0.717) is 12.5 Å². The molecular formula is C20H32N4OS. The first-order valence-corrected chi connectivity index (χ1v) is 9.74. The molecule has 1 fully saturated rings. The van der Waals surface area contributed by atoms with Crippen LogP contribution in [0.3, 0.4) is 0 Å². The summed E-state index contributed by atoms with van der Waals surface area (Å²) in [6.07, 6.45) is 0. The van der Waals surface area contributed by atoms with Crippen LogP contribution in [0.4, 0.5) is 5.69 Å². The summed E-state index contributed by atoms with van der Waals surface area (Å²) in [7, 11) is 0. The van der Waals surface area contributed by atoms with E-state index >= 15 is 0 Å². The normalized spacial score (nSPS) is 15.8. The van der Waals surface area contributed by atoms with Gasteiger partial charge in [0.25, 0.3) is 0 Å². The average molecular weight is 377 g/mol. The average Bonchev–Trinajstić information content (AvgIpc) is 2.54. The number of carbonyl (C=O) groups excluding carboxylic acids is 1. The third-order valence-corrected chi connectivity index (χ3v) is 4.73. The highest BCUT2D eigenvalue weighted by molar-refractivity contribution is 7.80. The summed E-state index contributed by atoms with van der Waals surface area (Å²) in [6.45, 7) is 14.2. The monoisotopic (exact) mass is 376 g/mol. The van der Waals surface area contributed by atoms with E-state index in [1.807, 2.05) is 20.8 Å².